The van der Waals surface area contributed by atoms with Crippen LogP contribution in [-0.2, 0) is 33.2 Å². The lowest BCUT2D eigenvalue weighted by Crippen LogP contribution is -2.69. The smallest absolute Gasteiger partial charge is 0.217 e. The van der Waals surface area contributed by atoms with Crippen LogP contribution in [0.1, 0.15) is 20.3 Å². The number of carbonyl (C=O) groups is 1. The van der Waals surface area contributed by atoms with E-state index >= 15 is 0 Å². The minimum absolute atomic E-state index is 0.0530. The zero-order chi connectivity index (χ0) is 26.7. The van der Waals surface area contributed by atoms with Crippen molar-refractivity contribution >= 4 is 5.91 Å². The van der Waals surface area contributed by atoms with Crippen molar-refractivity contribution in [3.05, 3.63) is 0 Å². The zero-order valence-electron chi connectivity index (χ0n) is 20.2. The van der Waals surface area contributed by atoms with Crippen LogP contribution in [0, 0.1) is 0 Å². The molecular weight excluding hydrogens is 490 g/mol. The van der Waals surface area contributed by atoms with E-state index in [9.17, 15) is 40.5 Å². The maximum Gasteiger partial charge on any atom is 0.217 e. The molecule has 3 aliphatic heterocycles. The number of aliphatic hydroxyl groups excluding tert-OH is 7. The van der Waals surface area contributed by atoms with Crippen LogP contribution in [0.2, 0.25) is 0 Å². The Balaban J connectivity index is 1.94. The molecule has 0 radical (unpaired) electrons. The van der Waals surface area contributed by atoms with Gasteiger partial charge in [-0.25, -0.2) is 0 Å². The SMILES string of the molecule is CO[C@@H]1O[C@H](CO)[C@@H](O[C@@H]2O[C@H](CO)C[C@H](O)[C@H]2O)[C@H](O[C@@H]2O[C@@H](C)[C@@H](O)[C@@H](O)[C@@H]2O)[C@H]1NC(C)=O. The minimum Gasteiger partial charge on any atom is -0.394 e. The summed E-state index contributed by atoms with van der Waals surface area (Å²) in [6.07, 6.45) is -17.4. The molecule has 3 fully saturated rings. The van der Waals surface area contributed by atoms with Gasteiger partial charge in [0, 0.05) is 20.5 Å². The van der Waals surface area contributed by atoms with Crippen LogP contribution < -0.4 is 5.32 Å². The number of ether oxygens (including phenoxy) is 6. The van der Waals surface area contributed by atoms with E-state index in [1.54, 1.807) is 0 Å². The molecule has 3 rings (SSSR count). The first kappa shape index (κ1) is 29.5. The first-order valence-corrected chi connectivity index (χ1v) is 11.7. The van der Waals surface area contributed by atoms with Crippen molar-refractivity contribution in [3.8, 4) is 0 Å². The van der Waals surface area contributed by atoms with Gasteiger partial charge in [-0.15, -0.1) is 0 Å². The van der Waals surface area contributed by atoms with E-state index in [2.05, 4.69) is 5.32 Å². The highest BCUT2D eigenvalue weighted by Gasteiger charge is 2.53. The van der Waals surface area contributed by atoms with Gasteiger partial charge in [0.15, 0.2) is 18.9 Å². The number of methoxy groups -OCH3 is 1. The molecule has 15 heteroatoms. The summed E-state index contributed by atoms with van der Waals surface area (Å²) < 4.78 is 34.0. The number of amides is 1. The molecule has 0 aromatic rings. The highest BCUT2D eigenvalue weighted by Crippen LogP contribution is 2.33. The molecule has 0 bridgehead atoms. The Bertz CT molecular complexity index is 716. The van der Waals surface area contributed by atoms with Crippen LogP contribution in [0.3, 0.4) is 0 Å². The Kier molecular flexibility index (Phi) is 10.4. The summed E-state index contributed by atoms with van der Waals surface area (Å²) in [7, 11) is 1.29. The largest absolute Gasteiger partial charge is 0.394 e. The fourth-order valence-electron chi connectivity index (χ4n) is 4.55. The molecule has 15 nitrogen and oxygen atoms in total. The molecule has 36 heavy (non-hydrogen) atoms. The summed E-state index contributed by atoms with van der Waals surface area (Å²) in [5.41, 5.74) is 0. The lowest BCUT2D eigenvalue weighted by atomic mass is 9.94. The van der Waals surface area contributed by atoms with Crippen LogP contribution in [0.4, 0.5) is 0 Å². The normalized spacial score (nSPS) is 47.9. The van der Waals surface area contributed by atoms with Gasteiger partial charge < -0.3 is 69.5 Å². The summed E-state index contributed by atoms with van der Waals surface area (Å²) in [5.74, 6) is -0.515. The van der Waals surface area contributed by atoms with Crippen LogP contribution >= 0.6 is 0 Å². The van der Waals surface area contributed by atoms with Crippen molar-refractivity contribution in [2.45, 2.75) is 106 Å². The Labute approximate surface area is 207 Å². The predicted molar refractivity (Wildman–Crippen MR) is 115 cm³/mol. The molecular formula is C21H37NO14. The first-order valence-electron chi connectivity index (χ1n) is 11.7. The standard InChI is InChI=1S/C21H37NO14/c1-7-13(27)15(29)16(30)21(32-7)36-18-12(22-8(2)25)19(31-3)34-11(6-24)17(18)35-20-14(28)10(26)4-9(5-23)33-20/h7,9-21,23-24,26-30H,4-6H2,1-3H3,(H,22,25)/t7-,9-,10-,11+,12+,13+,14+,15+,16-,17+,18+,19+,20-,21-/m0/s1. The van der Waals surface area contributed by atoms with E-state index in [0.717, 1.165) is 0 Å². The Morgan fingerprint density at radius 3 is 2.08 bits per heavy atom. The van der Waals surface area contributed by atoms with Gasteiger partial charge in [-0.2, -0.15) is 0 Å². The summed E-state index contributed by atoms with van der Waals surface area (Å²) in [6.45, 7) is 1.57. The molecule has 14 atom stereocenters. The lowest BCUT2D eigenvalue weighted by molar-refractivity contribution is -0.366. The predicted octanol–water partition coefficient (Wildman–Crippen LogP) is -4.72. The highest BCUT2D eigenvalue weighted by atomic mass is 16.8. The maximum absolute atomic E-state index is 12.0. The van der Waals surface area contributed by atoms with Crippen molar-refractivity contribution in [3.63, 3.8) is 0 Å². The van der Waals surface area contributed by atoms with Gasteiger partial charge >= 0.3 is 0 Å². The van der Waals surface area contributed by atoms with E-state index in [-0.39, 0.29) is 6.42 Å². The van der Waals surface area contributed by atoms with Gasteiger partial charge in [-0.1, -0.05) is 0 Å². The summed E-state index contributed by atoms with van der Waals surface area (Å²) in [5, 5.41) is 73.5. The van der Waals surface area contributed by atoms with Gasteiger partial charge in [0.2, 0.25) is 5.91 Å². The number of hydrogen-bond donors (Lipinski definition) is 8. The molecule has 0 aliphatic carbocycles. The summed E-state index contributed by atoms with van der Waals surface area (Å²) in [4.78, 5) is 12.0. The third-order valence-corrected chi connectivity index (χ3v) is 6.53. The number of rotatable bonds is 8. The Hall–Kier alpha value is -1.05. The third kappa shape index (κ3) is 6.32. The number of aliphatic hydroxyl groups is 7. The second-order valence-corrected chi connectivity index (χ2v) is 9.17. The second-order valence-electron chi connectivity index (χ2n) is 9.17. The minimum atomic E-state index is -1.71. The van der Waals surface area contributed by atoms with E-state index in [4.69, 9.17) is 28.4 Å². The number of carbonyl (C=O) groups excluding carboxylic acids is 1. The highest BCUT2D eigenvalue weighted by molar-refractivity contribution is 5.73. The summed E-state index contributed by atoms with van der Waals surface area (Å²) in [6, 6.07) is -1.12. The second kappa shape index (κ2) is 12.7. The summed E-state index contributed by atoms with van der Waals surface area (Å²) >= 11 is 0. The van der Waals surface area contributed by atoms with Gasteiger partial charge in [-0.3, -0.25) is 4.79 Å². The quantitative estimate of drug-likeness (QED) is 0.148. The van der Waals surface area contributed by atoms with E-state index in [0.29, 0.717) is 0 Å². The molecule has 0 saturated carbocycles. The van der Waals surface area contributed by atoms with Crippen molar-refractivity contribution in [1.82, 2.24) is 5.32 Å². The first-order chi connectivity index (χ1) is 17.0. The molecule has 0 aromatic carbocycles. The van der Waals surface area contributed by atoms with Crippen molar-refractivity contribution in [2.75, 3.05) is 20.3 Å². The molecule has 3 saturated heterocycles. The van der Waals surface area contributed by atoms with Crippen LogP contribution in [0.5, 0.6) is 0 Å². The zero-order valence-corrected chi connectivity index (χ0v) is 20.2. The molecule has 0 spiro atoms. The third-order valence-electron chi connectivity index (χ3n) is 6.53. The fourth-order valence-corrected chi connectivity index (χ4v) is 4.55. The molecule has 3 heterocycles. The molecule has 1 amide bonds. The maximum atomic E-state index is 12.0. The van der Waals surface area contributed by atoms with Crippen LogP contribution in [0.25, 0.3) is 0 Å². The Morgan fingerprint density at radius 2 is 1.50 bits per heavy atom. The van der Waals surface area contributed by atoms with Crippen molar-refractivity contribution in [2.24, 2.45) is 0 Å². The van der Waals surface area contributed by atoms with Gasteiger partial charge in [0.25, 0.3) is 0 Å². The lowest BCUT2D eigenvalue weighted by Gasteiger charge is -2.49. The van der Waals surface area contributed by atoms with Crippen LogP contribution in [-0.4, -0.2) is 148 Å². The van der Waals surface area contributed by atoms with Gasteiger partial charge in [-0.05, 0) is 6.92 Å². The topological polar surface area (TPSA) is 226 Å². The number of nitrogens with one attached hydrogen (secondary N) is 1. The average molecular weight is 528 g/mol. The van der Waals surface area contributed by atoms with E-state index in [1.807, 2.05) is 0 Å². The van der Waals surface area contributed by atoms with Crippen molar-refractivity contribution in [1.29, 1.82) is 0 Å². The fraction of sp³-hybridized carbons (Fsp3) is 0.952. The average Bonchev–Trinajstić information content (AvgIpc) is 2.85. The number of hydrogen-bond acceptors (Lipinski definition) is 14. The van der Waals surface area contributed by atoms with E-state index < -0.39 is 105 Å². The van der Waals surface area contributed by atoms with E-state index in [1.165, 1.54) is 21.0 Å². The molecule has 3 aliphatic rings. The van der Waals surface area contributed by atoms with Gasteiger partial charge in [0.1, 0.15) is 48.8 Å². The van der Waals surface area contributed by atoms with Crippen LogP contribution in [0.15, 0.2) is 0 Å². The molecule has 8 N–H and O–H groups in total. The van der Waals surface area contributed by atoms with Crippen molar-refractivity contribution < 1.29 is 69.0 Å². The molecule has 0 unspecified atom stereocenters. The molecule has 210 valence electrons. The Morgan fingerprint density at radius 1 is 0.861 bits per heavy atom. The molecule has 0 aromatic heterocycles. The monoisotopic (exact) mass is 527 g/mol. The van der Waals surface area contributed by atoms with Gasteiger partial charge in [0.05, 0.1) is 31.5 Å².